The molecule has 0 unspecified atom stereocenters. The van der Waals surface area contributed by atoms with Crippen molar-refractivity contribution >= 4 is 0 Å². The van der Waals surface area contributed by atoms with Gasteiger partial charge in [0.1, 0.15) is 11.6 Å². The Balaban J connectivity index is 1.96. The molecule has 4 heteroatoms. The highest BCUT2D eigenvalue weighted by molar-refractivity contribution is 5.66. The highest BCUT2D eigenvalue weighted by Gasteiger charge is 2.22. The first-order chi connectivity index (χ1) is 7.88. The molecule has 0 amide bonds. The van der Waals surface area contributed by atoms with E-state index in [2.05, 4.69) is 22.2 Å². The summed E-state index contributed by atoms with van der Waals surface area (Å²) in [6.45, 7) is 3.86. The van der Waals surface area contributed by atoms with E-state index in [0.717, 1.165) is 48.8 Å². The molecule has 0 saturated heterocycles. The lowest BCUT2D eigenvalue weighted by atomic mass is 10.00. The van der Waals surface area contributed by atoms with Crippen molar-refractivity contribution in [2.24, 2.45) is 0 Å². The second-order valence-corrected chi connectivity index (χ2v) is 4.05. The topological polar surface area (TPSA) is 53.9 Å². The summed E-state index contributed by atoms with van der Waals surface area (Å²) in [4.78, 5) is 8.01. The standard InChI is InChI=1S/C12H15N3O/c1-2-13-7-11-14-9-3-4-10-8(5-6-16-10)12(9)15-11/h5-6,13H,2-4,7H2,1H3,(H,14,15). The molecule has 1 aliphatic rings. The smallest absolute Gasteiger partial charge is 0.121 e. The van der Waals surface area contributed by atoms with Gasteiger partial charge in [-0.25, -0.2) is 4.98 Å². The Kier molecular flexibility index (Phi) is 2.29. The van der Waals surface area contributed by atoms with Gasteiger partial charge in [0.25, 0.3) is 0 Å². The molecule has 0 spiro atoms. The van der Waals surface area contributed by atoms with Crippen molar-refractivity contribution in [2.75, 3.05) is 6.54 Å². The molecule has 0 aromatic carbocycles. The van der Waals surface area contributed by atoms with Gasteiger partial charge in [-0.3, -0.25) is 0 Å². The molecule has 0 saturated carbocycles. The van der Waals surface area contributed by atoms with Crippen LogP contribution in [0.4, 0.5) is 0 Å². The molecule has 0 radical (unpaired) electrons. The third-order valence-electron chi connectivity index (χ3n) is 2.97. The molecule has 84 valence electrons. The van der Waals surface area contributed by atoms with Crippen molar-refractivity contribution < 1.29 is 4.42 Å². The minimum atomic E-state index is 0.802. The summed E-state index contributed by atoms with van der Waals surface area (Å²) >= 11 is 0. The Hall–Kier alpha value is -1.55. The number of imidazole rings is 1. The van der Waals surface area contributed by atoms with Crippen LogP contribution < -0.4 is 5.32 Å². The molecule has 0 bridgehead atoms. The normalized spacial score (nSPS) is 13.6. The summed E-state index contributed by atoms with van der Waals surface area (Å²) in [7, 11) is 0. The molecule has 2 N–H and O–H groups in total. The monoisotopic (exact) mass is 217 g/mol. The van der Waals surface area contributed by atoms with E-state index in [1.54, 1.807) is 6.26 Å². The van der Waals surface area contributed by atoms with E-state index in [1.807, 2.05) is 6.07 Å². The second-order valence-electron chi connectivity index (χ2n) is 4.05. The summed E-state index contributed by atoms with van der Waals surface area (Å²) < 4.78 is 5.43. The lowest BCUT2D eigenvalue weighted by Gasteiger charge is -2.08. The van der Waals surface area contributed by atoms with Crippen LogP contribution in [0.5, 0.6) is 0 Å². The molecule has 16 heavy (non-hydrogen) atoms. The Morgan fingerprint density at radius 2 is 2.44 bits per heavy atom. The Bertz CT molecular complexity index is 498. The van der Waals surface area contributed by atoms with E-state index in [1.165, 1.54) is 5.69 Å². The predicted molar refractivity (Wildman–Crippen MR) is 61.1 cm³/mol. The van der Waals surface area contributed by atoms with Crippen LogP contribution in [0.2, 0.25) is 0 Å². The fourth-order valence-corrected chi connectivity index (χ4v) is 2.18. The molecular formula is C12H15N3O. The number of aromatic amines is 1. The zero-order valence-corrected chi connectivity index (χ0v) is 9.34. The minimum absolute atomic E-state index is 0.802. The van der Waals surface area contributed by atoms with Crippen molar-refractivity contribution in [1.82, 2.24) is 15.3 Å². The van der Waals surface area contributed by atoms with Crippen LogP contribution in [0.15, 0.2) is 16.7 Å². The fourth-order valence-electron chi connectivity index (χ4n) is 2.18. The van der Waals surface area contributed by atoms with E-state index < -0.39 is 0 Å². The first-order valence-corrected chi connectivity index (χ1v) is 5.73. The van der Waals surface area contributed by atoms with Gasteiger partial charge in [0.2, 0.25) is 0 Å². The van der Waals surface area contributed by atoms with Crippen molar-refractivity contribution in [3.8, 4) is 11.3 Å². The Morgan fingerprint density at radius 1 is 1.50 bits per heavy atom. The number of H-pyrrole nitrogens is 1. The van der Waals surface area contributed by atoms with Crippen LogP contribution in [-0.2, 0) is 19.4 Å². The van der Waals surface area contributed by atoms with E-state index in [0.29, 0.717) is 0 Å². The maximum atomic E-state index is 5.43. The van der Waals surface area contributed by atoms with Gasteiger partial charge in [-0.05, 0) is 19.0 Å². The number of rotatable bonds is 3. The van der Waals surface area contributed by atoms with Crippen molar-refractivity contribution in [3.05, 3.63) is 29.6 Å². The zero-order chi connectivity index (χ0) is 11.0. The first-order valence-electron chi connectivity index (χ1n) is 5.73. The van der Waals surface area contributed by atoms with Crippen LogP contribution in [0.3, 0.4) is 0 Å². The summed E-state index contributed by atoms with van der Waals surface area (Å²) in [5.41, 5.74) is 3.46. The SMILES string of the molecule is CCNCc1nc2c([nH]1)CCc1occc1-2. The maximum Gasteiger partial charge on any atom is 0.121 e. The lowest BCUT2D eigenvalue weighted by molar-refractivity contribution is 0.506. The van der Waals surface area contributed by atoms with Crippen LogP contribution in [-0.4, -0.2) is 16.5 Å². The molecular weight excluding hydrogens is 202 g/mol. The van der Waals surface area contributed by atoms with Crippen LogP contribution in [0, 0.1) is 0 Å². The van der Waals surface area contributed by atoms with E-state index in [4.69, 9.17) is 4.42 Å². The van der Waals surface area contributed by atoms with Gasteiger partial charge < -0.3 is 14.7 Å². The minimum Gasteiger partial charge on any atom is -0.469 e. The summed E-state index contributed by atoms with van der Waals surface area (Å²) in [5, 5.41) is 3.27. The van der Waals surface area contributed by atoms with E-state index in [9.17, 15) is 0 Å². The van der Waals surface area contributed by atoms with Gasteiger partial charge in [-0.1, -0.05) is 6.92 Å². The molecule has 0 aliphatic heterocycles. The highest BCUT2D eigenvalue weighted by Crippen LogP contribution is 2.32. The number of hydrogen-bond acceptors (Lipinski definition) is 3. The van der Waals surface area contributed by atoms with Gasteiger partial charge >= 0.3 is 0 Å². The summed E-state index contributed by atoms with van der Waals surface area (Å²) in [5.74, 6) is 2.08. The largest absolute Gasteiger partial charge is 0.469 e. The molecule has 0 fully saturated rings. The molecule has 1 aliphatic carbocycles. The number of nitrogens with zero attached hydrogens (tertiary/aromatic N) is 1. The first kappa shape index (κ1) is 9.66. The predicted octanol–water partition coefficient (Wildman–Crippen LogP) is 1.88. The molecule has 2 aromatic rings. The van der Waals surface area contributed by atoms with Gasteiger partial charge in [-0.2, -0.15) is 0 Å². The van der Waals surface area contributed by atoms with Gasteiger partial charge in [0, 0.05) is 17.7 Å². The number of furan rings is 1. The van der Waals surface area contributed by atoms with Crippen molar-refractivity contribution in [1.29, 1.82) is 0 Å². The molecule has 3 rings (SSSR count). The average molecular weight is 217 g/mol. The summed E-state index contributed by atoms with van der Waals surface area (Å²) in [6, 6.07) is 2.01. The van der Waals surface area contributed by atoms with Crippen LogP contribution >= 0.6 is 0 Å². The number of fused-ring (bicyclic) bond motifs is 3. The zero-order valence-electron chi connectivity index (χ0n) is 9.34. The lowest BCUT2D eigenvalue weighted by Crippen LogP contribution is -2.12. The number of nitrogens with one attached hydrogen (secondary N) is 2. The fraction of sp³-hybridized carbons (Fsp3) is 0.417. The third kappa shape index (κ3) is 1.46. The molecule has 2 aromatic heterocycles. The molecule has 2 heterocycles. The number of hydrogen-bond donors (Lipinski definition) is 2. The molecule has 4 nitrogen and oxygen atoms in total. The van der Waals surface area contributed by atoms with Crippen LogP contribution in [0.1, 0.15) is 24.2 Å². The second kappa shape index (κ2) is 3.79. The summed E-state index contributed by atoms with van der Waals surface area (Å²) in [6.07, 6.45) is 3.71. The quantitative estimate of drug-likeness (QED) is 0.825. The number of aromatic nitrogens is 2. The van der Waals surface area contributed by atoms with Gasteiger partial charge in [0.15, 0.2) is 0 Å². The van der Waals surface area contributed by atoms with Crippen molar-refractivity contribution in [2.45, 2.75) is 26.3 Å². The van der Waals surface area contributed by atoms with E-state index >= 15 is 0 Å². The van der Waals surface area contributed by atoms with Crippen LogP contribution in [0.25, 0.3) is 11.3 Å². The Morgan fingerprint density at radius 3 is 3.31 bits per heavy atom. The highest BCUT2D eigenvalue weighted by atomic mass is 16.3. The van der Waals surface area contributed by atoms with E-state index in [-0.39, 0.29) is 0 Å². The number of aryl methyl sites for hydroxylation is 2. The average Bonchev–Trinajstić information content (AvgIpc) is 2.90. The van der Waals surface area contributed by atoms with Gasteiger partial charge in [-0.15, -0.1) is 0 Å². The Labute approximate surface area is 94.1 Å². The maximum absolute atomic E-state index is 5.43. The molecule has 0 atom stereocenters. The van der Waals surface area contributed by atoms with Crippen molar-refractivity contribution in [3.63, 3.8) is 0 Å². The van der Waals surface area contributed by atoms with Gasteiger partial charge in [0.05, 0.1) is 18.5 Å². The third-order valence-corrected chi connectivity index (χ3v) is 2.97.